The van der Waals surface area contributed by atoms with Crippen LogP contribution in [0.15, 0.2) is 0 Å². The average molecular weight is 280 g/mol. The van der Waals surface area contributed by atoms with Crippen LogP contribution >= 0.6 is 0 Å². The Kier molecular flexibility index (Phi) is 5.34. The molecule has 7 nitrogen and oxygen atoms in total. The molecule has 4 N–H and O–H groups in total. The Morgan fingerprint density at radius 3 is 2.75 bits per heavy atom. The van der Waals surface area contributed by atoms with E-state index >= 15 is 0 Å². The highest BCUT2D eigenvalue weighted by Gasteiger charge is 2.18. The highest BCUT2D eigenvalue weighted by Crippen LogP contribution is 2.30. The van der Waals surface area contributed by atoms with Crippen molar-refractivity contribution in [1.29, 1.82) is 0 Å². The smallest absolute Gasteiger partial charge is 0.322 e. The summed E-state index contributed by atoms with van der Waals surface area (Å²) in [5.74, 6) is 7.78. The lowest BCUT2D eigenvalue weighted by Crippen LogP contribution is -2.18. The van der Waals surface area contributed by atoms with Crippen molar-refractivity contribution < 1.29 is 4.74 Å². The summed E-state index contributed by atoms with van der Waals surface area (Å²) < 4.78 is 5.01. The summed E-state index contributed by atoms with van der Waals surface area (Å²) in [6.07, 6.45) is 6.54. The molecular formula is C13H24N6O. The molecule has 0 amide bonds. The number of aromatic nitrogens is 3. The van der Waals surface area contributed by atoms with Gasteiger partial charge in [-0.15, -0.1) is 0 Å². The van der Waals surface area contributed by atoms with Gasteiger partial charge >= 0.3 is 6.01 Å². The van der Waals surface area contributed by atoms with Gasteiger partial charge in [0.05, 0.1) is 7.11 Å². The standard InChI is InChI=1S/C13H24N6O/c1-9-4-3-5-10(8-9)6-7-15-11-16-12(19-14)18-13(17-11)20-2/h9-10H,3-8,14H2,1-2H3,(H2,15,16,17,18,19). The van der Waals surface area contributed by atoms with Crippen LogP contribution in [0.25, 0.3) is 0 Å². The Morgan fingerprint density at radius 2 is 2.05 bits per heavy atom. The van der Waals surface area contributed by atoms with Gasteiger partial charge < -0.3 is 10.1 Å². The zero-order chi connectivity index (χ0) is 14.4. The van der Waals surface area contributed by atoms with Gasteiger partial charge in [0.2, 0.25) is 11.9 Å². The first kappa shape index (κ1) is 14.8. The number of hydrogen-bond acceptors (Lipinski definition) is 7. The molecule has 1 saturated carbocycles. The van der Waals surface area contributed by atoms with E-state index in [1.54, 1.807) is 0 Å². The Balaban J connectivity index is 1.84. The molecule has 7 heteroatoms. The third-order valence-corrected chi connectivity index (χ3v) is 3.81. The summed E-state index contributed by atoms with van der Waals surface area (Å²) in [4.78, 5) is 12.3. The van der Waals surface area contributed by atoms with Crippen molar-refractivity contribution in [2.75, 3.05) is 24.4 Å². The number of methoxy groups -OCH3 is 1. The summed E-state index contributed by atoms with van der Waals surface area (Å²) >= 11 is 0. The summed E-state index contributed by atoms with van der Waals surface area (Å²) in [6.45, 7) is 3.20. The van der Waals surface area contributed by atoms with Crippen LogP contribution < -0.4 is 21.3 Å². The van der Waals surface area contributed by atoms with Gasteiger partial charge in [-0.1, -0.05) is 26.2 Å². The fourth-order valence-electron chi connectivity index (χ4n) is 2.80. The Hall–Kier alpha value is -1.63. The molecular weight excluding hydrogens is 256 g/mol. The molecule has 0 saturated heterocycles. The first-order valence-corrected chi connectivity index (χ1v) is 7.21. The fraction of sp³-hybridized carbons (Fsp3) is 0.769. The molecule has 0 spiro atoms. The molecule has 112 valence electrons. The number of anilines is 2. The summed E-state index contributed by atoms with van der Waals surface area (Å²) in [5.41, 5.74) is 2.41. The maximum Gasteiger partial charge on any atom is 0.322 e. The van der Waals surface area contributed by atoms with Crippen molar-refractivity contribution in [1.82, 2.24) is 15.0 Å². The van der Waals surface area contributed by atoms with E-state index in [1.165, 1.54) is 32.8 Å². The Bertz CT molecular complexity index is 405. The van der Waals surface area contributed by atoms with Crippen molar-refractivity contribution >= 4 is 11.9 Å². The lowest BCUT2D eigenvalue weighted by Gasteiger charge is -2.26. The largest absolute Gasteiger partial charge is 0.467 e. The molecule has 1 aromatic heterocycles. The molecule has 2 rings (SSSR count). The quantitative estimate of drug-likeness (QED) is 0.540. The molecule has 20 heavy (non-hydrogen) atoms. The summed E-state index contributed by atoms with van der Waals surface area (Å²) in [5, 5.41) is 3.22. The molecule has 1 aliphatic carbocycles. The molecule has 2 unspecified atom stereocenters. The van der Waals surface area contributed by atoms with Crippen LogP contribution in [-0.2, 0) is 0 Å². The van der Waals surface area contributed by atoms with Gasteiger partial charge in [0.1, 0.15) is 0 Å². The van der Waals surface area contributed by atoms with Crippen LogP contribution in [0, 0.1) is 11.8 Å². The van der Waals surface area contributed by atoms with Crippen LogP contribution in [0.5, 0.6) is 6.01 Å². The summed E-state index contributed by atoms with van der Waals surface area (Å²) in [7, 11) is 1.52. The number of rotatable bonds is 6. The van der Waals surface area contributed by atoms with E-state index in [9.17, 15) is 0 Å². The van der Waals surface area contributed by atoms with Gasteiger partial charge in [0, 0.05) is 6.54 Å². The second-order valence-corrected chi connectivity index (χ2v) is 5.47. The zero-order valence-corrected chi connectivity index (χ0v) is 12.2. The fourth-order valence-corrected chi connectivity index (χ4v) is 2.80. The SMILES string of the molecule is COc1nc(NN)nc(NCCC2CCCC(C)C2)n1. The van der Waals surface area contributed by atoms with Gasteiger partial charge in [0.15, 0.2) is 0 Å². The normalized spacial score (nSPS) is 22.4. The minimum absolute atomic E-state index is 0.252. The minimum atomic E-state index is 0.252. The number of ether oxygens (including phenoxy) is 1. The van der Waals surface area contributed by atoms with Crippen molar-refractivity contribution in [2.24, 2.45) is 17.7 Å². The van der Waals surface area contributed by atoms with Crippen molar-refractivity contribution in [2.45, 2.75) is 39.0 Å². The molecule has 0 bridgehead atoms. The van der Waals surface area contributed by atoms with Crippen LogP contribution in [-0.4, -0.2) is 28.6 Å². The van der Waals surface area contributed by atoms with Crippen molar-refractivity contribution in [3.05, 3.63) is 0 Å². The topological polar surface area (TPSA) is 98.0 Å². The minimum Gasteiger partial charge on any atom is -0.467 e. The maximum absolute atomic E-state index is 5.32. The molecule has 1 aliphatic rings. The second kappa shape index (κ2) is 7.23. The van der Waals surface area contributed by atoms with Crippen molar-refractivity contribution in [3.8, 4) is 6.01 Å². The van der Waals surface area contributed by atoms with E-state index in [0.29, 0.717) is 11.9 Å². The zero-order valence-electron chi connectivity index (χ0n) is 12.2. The molecule has 1 aromatic rings. The van der Waals surface area contributed by atoms with E-state index in [1.807, 2.05) is 0 Å². The number of hydrogen-bond donors (Lipinski definition) is 3. The van der Waals surface area contributed by atoms with E-state index in [-0.39, 0.29) is 6.01 Å². The number of nitrogens with one attached hydrogen (secondary N) is 2. The second-order valence-electron chi connectivity index (χ2n) is 5.47. The molecule has 2 atom stereocenters. The van der Waals surface area contributed by atoms with E-state index in [0.717, 1.165) is 24.8 Å². The predicted octanol–water partition coefficient (Wildman–Crippen LogP) is 1.79. The predicted molar refractivity (Wildman–Crippen MR) is 78.4 cm³/mol. The van der Waals surface area contributed by atoms with Gasteiger partial charge in [-0.05, 0) is 24.7 Å². The van der Waals surface area contributed by atoms with Gasteiger partial charge in [-0.2, -0.15) is 15.0 Å². The third kappa shape index (κ3) is 4.19. The molecule has 0 radical (unpaired) electrons. The van der Waals surface area contributed by atoms with Gasteiger partial charge in [-0.3, -0.25) is 5.43 Å². The number of nitrogens with zero attached hydrogens (tertiary/aromatic N) is 3. The maximum atomic E-state index is 5.32. The first-order valence-electron chi connectivity index (χ1n) is 7.21. The van der Waals surface area contributed by atoms with E-state index in [2.05, 4.69) is 32.6 Å². The van der Waals surface area contributed by atoms with Crippen LogP contribution in [0.3, 0.4) is 0 Å². The molecule has 0 aliphatic heterocycles. The number of nitrogen functional groups attached to an aromatic ring is 1. The Labute approximate surface area is 119 Å². The lowest BCUT2D eigenvalue weighted by atomic mass is 9.81. The number of nitrogens with two attached hydrogens (primary N) is 1. The molecule has 1 fully saturated rings. The average Bonchev–Trinajstić information content (AvgIpc) is 2.47. The highest BCUT2D eigenvalue weighted by atomic mass is 16.5. The monoisotopic (exact) mass is 280 g/mol. The summed E-state index contributed by atoms with van der Waals surface area (Å²) in [6, 6.07) is 0.252. The first-order chi connectivity index (χ1) is 9.71. The molecule has 1 heterocycles. The highest BCUT2D eigenvalue weighted by molar-refractivity contribution is 5.34. The van der Waals surface area contributed by atoms with Gasteiger partial charge in [0.25, 0.3) is 0 Å². The van der Waals surface area contributed by atoms with Crippen LogP contribution in [0.1, 0.15) is 39.0 Å². The molecule has 0 aromatic carbocycles. The Morgan fingerprint density at radius 1 is 1.25 bits per heavy atom. The van der Waals surface area contributed by atoms with Gasteiger partial charge in [-0.25, -0.2) is 5.84 Å². The third-order valence-electron chi connectivity index (χ3n) is 3.81. The van der Waals surface area contributed by atoms with E-state index in [4.69, 9.17) is 10.6 Å². The number of hydrazine groups is 1. The lowest BCUT2D eigenvalue weighted by molar-refractivity contribution is 0.274. The van der Waals surface area contributed by atoms with Crippen LogP contribution in [0.4, 0.5) is 11.9 Å². The van der Waals surface area contributed by atoms with Crippen molar-refractivity contribution in [3.63, 3.8) is 0 Å². The van der Waals surface area contributed by atoms with Crippen LogP contribution in [0.2, 0.25) is 0 Å². The van der Waals surface area contributed by atoms with E-state index < -0.39 is 0 Å².